The zero-order valence-corrected chi connectivity index (χ0v) is 11.8. The van der Waals surface area contributed by atoms with E-state index >= 15 is 0 Å². The lowest BCUT2D eigenvalue weighted by Gasteiger charge is -2.34. The Morgan fingerprint density at radius 1 is 1.30 bits per heavy atom. The van der Waals surface area contributed by atoms with Crippen molar-refractivity contribution in [2.45, 2.75) is 13.0 Å². The zero-order valence-electron chi connectivity index (χ0n) is 11.8. The molecular weight excluding hydrogens is 256 g/mol. The van der Waals surface area contributed by atoms with E-state index in [0.29, 0.717) is 19.6 Å². The lowest BCUT2D eigenvalue weighted by atomic mass is 10.2. The molecule has 1 heterocycles. The number of urea groups is 1. The average molecular weight is 276 g/mol. The standard InChI is InChI=1S/C14H20N4O2/c1-10-3-5-11(6-4-10)17-14(20)18-8-7-16-9-12(18)13(19)15-2/h3-6,12,16H,7-9H2,1-2H3,(H,15,19)(H,17,20). The highest BCUT2D eigenvalue weighted by Gasteiger charge is 2.31. The Kier molecular flexibility index (Phi) is 4.57. The summed E-state index contributed by atoms with van der Waals surface area (Å²) in [5, 5.41) is 8.54. The Hall–Kier alpha value is -2.08. The van der Waals surface area contributed by atoms with Gasteiger partial charge in [-0.05, 0) is 19.1 Å². The maximum atomic E-state index is 12.3. The number of likely N-dealkylation sites (N-methyl/N-ethyl adjacent to an activating group) is 1. The molecule has 1 aliphatic rings. The minimum absolute atomic E-state index is 0.156. The van der Waals surface area contributed by atoms with Crippen LogP contribution in [0, 0.1) is 6.92 Å². The Labute approximate surface area is 118 Å². The molecule has 1 atom stereocenters. The van der Waals surface area contributed by atoms with Crippen LogP contribution in [0.3, 0.4) is 0 Å². The molecule has 108 valence electrons. The largest absolute Gasteiger partial charge is 0.357 e. The number of nitrogens with zero attached hydrogens (tertiary/aromatic N) is 1. The molecule has 3 amide bonds. The van der Waals surface area contributed by atoms with E-state index in [-0.39, 0.29) is 11.9 Å². The summed E-state index contributed by atoms with van der Waals surface area (Å²) >= 11 is 0. The predicted octanol–water partition coefficient (Wildman–Crippen LogP) is 0.547. The molecule has 1 aromatic rings. The molecule has 1 unspecified atom stereocenters. The van der Waals surface area contributed by atoms with Gasteiger partial charge in [-0.1, -0.05) is 17.7 Å². The van der Waals surface area contributed by atoms with Crippen molar-refractivity contribution in [1.82, 2.24) is 15.5 Å². The predicted molar refractivity (Wildman–Crippen MR) is 77.6 cm³/mol. The molecule has 0 aliphatic carbocycles. The van der Waals surface area contributed by atoms with Gasteiger partial charge in [0.1, 0.15) is 6.04 Å². The van der Waals surface area contributed by atoms with Crippen LogP contribution in [0.4, 0.5) is 10.5 Å². The second kappa shape index (κ2) is 6.38. The number of hydrogen-bond acceptors (Lipinski definition) is 3. The number of anilines is 1. The number of piperazine rings is 1. The molecular formula is C14H20N4O2. The zero-order chi connectivity index (χ0) is 14.5. The fraction of sp³-hybridized carbons (Fsp3) is 0.429. The van der Waals surface area contributed by atoms with Crippen LogP contribution < -0.4 is 16.0 Å². The van der Waals surface area contributed by atoms with E-state index in [1.807, 2.05) is 31.2 Å². The van der Waals surface area contributed by atoms with Crippen molar-refractivity contribution in [1.29, 1.82) is 0 Å². The molecule has 0 saturated carbocycles. The number of carbonyl (C=O) groups is 2. The van der Waals surface area contributed by atoms with Gasteiger partial charge in [-0.15, -0.1) is 0 Å². The summed E-state index contributed by atoms with van der Waals surface area (Å²) < 4.78 is 0. The van der Waals surface area contributed by atoms with E-state index in [4.69, 9.17) is 0 Å². The second-order valence-corrected chi connectivity index (χ2v) is 4.82. The monoisotopic (exact) mass is 276 g/mol. The third kappa shape index (κ3) is 3.27. The summed E-state index contributed by atoms with van der Waals surface area (Å²) in [7, 11) is 1.58. The first kappa shape index (κ1) is 14.3. The van der Waals surface area contributed by atoms with Crippen molar-refractivity contribution in [3.63, 3.8) is 0 Å². The molecule has 3 N–H and O–H groups in total. The molecule has 6 nitrogen and oxygen atoms in total. The average Bonchev–Trinajstić information content (AvgIpc) is 2.48. The Bertz CT molecular complexity index is 486. The van der Waals surface area contributed by atoms with Crippen LogP contribution in [-0.2, 0) is 4.79 Å². The molecule has 1 fully saturated rings. The van der Waals surface area contributed by atoms with Crippen molar-refractivity contribution in [2.75, 3.05) is 32.0 Å². The number of amides is 3. The summed E-state index contributed by atoms with van der Waals surface area (Å²) in [5.74, 6) is -0.156. The Morgan fingerprint density at radius 2 is 2.00 bits per heavy atom. The molecule has 1 saturated heterocycles. The molecule has 1 aliphatic heterocycles. The van der Waals surface area contributed by atoms with Crippen LogP contribution in [0.15, 0.2) is 24.3 Å². The highest BCUT2D eigenvalue weighted by Crippen LogP contribution is 2.12. The van der Waals surface area contributed by atoms with E-state index in [2.05, 4.69) is 16.0 Å². The van der Waals surface area contributed by atoms with Gasteiger partial charge in [0, 0.05) is 32.4 Å². The van der Waals surface area contributed by atoms with Crippen molar-refractivity contribution in [3.8, 4) is 0 Å². The van der Waals surface area contributed by atoms with Gasteiger partial charge in [0.15, 0.2) is 0 Å². The van der Waals surface area contributed by atoms with Gasteiger partial charge in [-0.2, -0.15) is 0 Å². The molecule has 0 aromatic heterocycles. The quantitative estimate of drug-likeness (QED) is 0.738. The van der Waals surface area contributed by atoms with E-state index < -0.39 is 6.04 Å². The van der Waals surface area contributed by atoms with E-state index in [0.717, 1.165) is 11.3 Å². The molecule has 0 bridgehead atoms. The smallest absolute Gasteiger partial charge is 0.322 e. The van der Waals surface area contributed by atoms with Gasteiger partial charge in [-0.3, -0.25) is 4.79 Å². The lowest BCUT2D eigenvalue weighted by Crippen LogP contribution is -2.60. The van der Waals surface area contributed by atoms with Gasteiger partial charge in [0.2, 0.25) is 5.91 Å². The number of rotatable bonds is 2. The van der Waals surface area contributed by atoms with Crippen molar-refractivity contribution < 1.29 is 9.59 Å². The lowest BCUT2D eigenvalue weighted by molar-refractivity contribution is -0.125. The molecule has 1 aromatic carbocycles. The van der Waals surface area contributed by atoms with E-state index in [9.17, 15) is 9.59 Å². The highest BCUT2D eigenvalue weighted by atomic mass is 16.2. The molecule has 20 heavy (non-hydrogen) atoms. The summed E-state index contributed by atoms with van der Waals surface area (Å²) in [4.78, 5) is 25.7. The van der Waals surface area contributed by atoms with Crippen LogP contribution >= 0.6 is 0 Å². The van der Waals surface area contributed by atoms with Gasteiger partial charge in [0.05, 0.1) is 0 Å². The van der Waals surface area contributed by atoms with Gasteiger partial charge in [-0.25, -0.2) is 4.79 Å². The Balaban J connectivity index is 2.05. The topological polar surface area (TPSA) is 73.5 Å². The minimum atomic E-state index is -0.473. The second-order valence-electron chi connectivity index (χ2n) is 4.82. The van der Waals surface area contributed by atoms with Crippen molar-refractivity contribution >= 4 is 17.6 Å². The normalized spacial score (nSPS) is 18.5. The van der Waals surface area contributed by atoms with E-state index in [1.165, 1.54) is 0 Å². The fourth-order valence-corrected chi connectivity index (χ4v) is 2.18. The first-order valence-corrected chi connectivity index (χ1v) is 6.68. The first-order chi connectivity index (χ1) is 9.61. The molecule has 6 heteroatoms. The summed E-state index contributed by atoms with van der Waals surface area (Å²) in [6.45, 7) is 3.66. The van der Waals surface area contributed by atoms with Crippen LogP contribution in [-0.4, -0.2) is 49.6 Å². The van der Waals surface area contributed by atoms with Crippen LogP contribution in [0.1, 0.15) is 5.56 Å². The van der Waals surface area contributed by atoms with Gasteiger partial charge >= 0.3 is 6.03 Å². The maximum absolute atomic E-state index is 12.3. The third-order valence-corrected chi connectivity index (χ3v) is 3.36. The number of nitrogens with one attached hydrogen (secondary N) is 3. The van der Waals surface area contributed by atoms with Crippen LogP contribution in [0.2, 0.25) is 0 Å². The fourth-order valence-electron chi connectivity index (χ4n) is 2.18. The summed E-state index contributed by atoms with van der Waals surface area (Å²) in [6, 6.07) is 6.85. The van der Waals surface area contributed by atoms with Gasteiger partial charge < -0.3 is 20.9 Å². The number of hydrogen-bond donors (Lipinski definition) is 3. The first-order valence-electron chi connectivity index (χ1n) is 6.68. The maximum Gasteiger partial charge on any atom is 0.322 e. The minimum Gasteiger partial charge on any atom is -0.357 e. The van der Waals surface area contributed by atoms with Crippen LogP contribution in [0.25, 0.3) is 0 Å². The molecule has 0 spiro atoms. The van der Waals surface area contributed by atoms with Crippen LogP contribution in [0.5, 0.6) is 0 Å². The SMILES string of the molecule is CNC(=O)C1CNCCN1C(=O)Nc1ccc(C)cc1. The van der Waals surface area contributed by atoms with Crippen molar-refractivity contribution in [2.24, 2.45) is 0 Å². The van der Waals surface area contributed by atoms with Gasteiger partial charge in [0.25, 0.3) is 0 Å². The number of benzene rings is 1. The van der Waals surface area contributed by atoms with Crippen molar-refractivity contribution in [3.05, 3.63) is 29.8 Å². The summed E-state index contributed by atoms with van der Waals surface area (Å²) in [6.07, 6.45) is 0. The molecule has 0 radical (unpaired) electrons. The van der Waals surface area contributed by atoms with E-state index in [1.54, 1.807) is 11.9 Å². The third-order valence-electron chi connectivity index (χ3n) is 3.36. The summed E-state index contributed by atoms with van der Waals surface area (Å²) in [5.41, 5.74) is 1.86. The molecule has 2 rings (SSSR count). The number of aryl methyl sites for hydroxylation is 1. The highest BCUT2D eigenvalue weighted by molar-refractivity contribution is 5.94. The number of carbonyl (C=O) groups excluding carboxylic acids is 2. The Morgan fingerprint density at radius 3 is 2.65 bits per heavy atom.